The van der Waals surface area contributed by atoms with Gasteiger partial charge < -0.3 is 40.8 Å². The van der Waals surface area contributed by atoms with Gasteiger partial charge in [-0.15, -0.1) is 0 Å². The summed E-state index contributed by atoms with van der Waals surface area (Å²) in [6.45, 7) is 13.5. The number of amides is 5. The number of aryl methyl sites for hydroxylation is 7. The maximum atomic E-state index is 13.0. The summed E-state index contributed by atoms with van der Waals surface area (Å²) in [6.07, 6.45) is 1.43. The fourth-order valence-corrected chi connectivity index (χ4v) is 13.3. The van der Waals surface area contributed by atoms with Crippen molar-refractivity contribution < 1.29 is 53.0 Å². The first-order valence-electron chi connectivity index (χ1n) is 39.4. The molecule has 5 N–H and O–H groups in total. The maximum absolute atomic E-state index is 13.0. The third-order valence-electron chi connectivity index (χ3n) is 19.6. The number of nitro groups is 3. The van der Waals surface area contributed by atoms with E-state index in [9.17, 15) is 54.3 Å². The van der Waals surface area contributed by atoms with Crippen molar-refractivity contribution in [2.45, 2.75) is 61.3 Å². The van der Waals surface area contributed by atoms with Crippen LogP contribution in [0.5, 0.6) is 17.2 Å². The number of methoxy groups -OCH3 is 3. The lowest BCUT2D eigenvalue weighted by Crippen LogP contribution is -2.16. The van der Waals surface area contributed by atoms with Crippen LogP contribution in [-0.4, -0.2) is 105 Å². The van der Waals surface area contributed by atoms with E-state index in [0.717, 1.165) is 63.0 Å². The Morgan fingerprint density at radius 1 is 0.357 bits per heavy atom. The van der Waals surface area contributed by atoms with E-state index in [1.165, 1.54) is 22.9 Å². The van der Waals surface area contributed by atoms with E-state index in [1.54, 1.807) is 193 Å². The van der Waals surface area contributed by atoms with Crippen molar-refractivity contribution in [3.63, 3.8) is 0 Å². The molecule has 0 bridgehead atoms. The number of halogens is 1. The van der Waals surface area contributed by atoms with E-state index >= 15 is 0 Å². The van der Waals surface area contributed by atoms with E-state index in [-0.39, 0.29) is 46.6 Å². The zero-order valence-corrected chi connectivity index (χ0v) is 70.7. The third kappa shape index (κ3) is 22.0. The molecule has 4 aromatic heterocycles. The number of carbonyl (C=O) groups excluding carboxylic acids is 5. The molecule has 4 heterocycles. The molecule has 0 saturated heterocycles. The second-order valence-corrected chi connectivity index (χ2v) is 28.9. The van der Waals surface area contributed by atoms with Gasteiger partial charge in [-0.3, -0.25) is 54.3 Å². The van der Waals surface area contributed by atoms with Gasteiger partial charge in [0.05, 0.1) is 75.9 Å². The number of nitrogens with one attached hydrogen (secondary N) is 5. The molecule has 126 heavy (non-hydrogen) atoms. The Morgan fingerprint density at radius 2 is 0.714 bits per heavy atom. The molecular weight excluding hydrogens is 1620 g/mol. The molecule has 15 rings (SSSR count). The van der Waals surface area contributed by atoms with Crippen molar-refractivity contribution in [3.8, 4) is 62.5 Å². The van der Waals surface area contributed by atoms with Crippen LogP contribution in [0.1, 0.15) is 105 Å². The van der Waals surface area contributed by atoms with Gasteiger partial charge in [0.25, 0.3) is 46.6 Å². The maximum Gasteiger partial charge on any atom is 0.296 e. The molecular formula is C95H85ClN16O14. The number of benzene rings is 11. The summed E-state index contributed by atoms with van der Waals surface area (Å²) in [5, 5.41) is 67.9. The summed E-state index contributed by atoms with van der Waals surface area (Å²) in [5.41, 5.74) is 14.9. The van der Waals surface area contributed by atoms with Crippen LogP contribution in [0.2, 0.25) is 5.02 Å². The van der Waals surface area contributed by atoms with E-state index in [4.69, 9.17) is 25.8 Å². The minimum atomic E-state index is -0.484. The largest absolute Gasteiger partial charge is 0.497 e. The molecule has 0 aliphatic heterocycles. The molecule has 15 aromatic rings. The summed E-state index contributed by atoms with van der Waals surface area (Å²) in [4.78, 5) is 97.1. The summed E-state index contributed by atoms with van der Waals surface area (Å²) in [6, 6.07) is 79.5. The average molecular weight is 1710 g/mol. The quantitative estimate of drug-likeness (QED) is 0.0277. The van der Waals surface area contributed by atoms with Gasteiger partial charge >= 0.3 is 0 Å². The number of anilines is 5. The molecule has 5 amide bonds. The van der Waals surface area contributed by atoms with Crippen molar-refractivity contribution in [2.75, 3.05) is 47.9 Å². The van der Waals surface area contributed by atoms with Crippen molar-refractivity contribution in [1.29, 1.82) is 0 Å². The smallest absolute Gasteiger partial charge is 0.296 e. The van der Waals surface area contributed by atoms with Gasteiger partial charge in [-0.2, -0.15) is 20.4 Å². The lowest BCUT2D eigenvalue weighted by molar-refractivity contribution is -0.384. The molecule has 0 spiro atoms. The predicted molar refractivity (Wildman–Crippen MR) is 484 cm³/mol. The number of nitrogens with zero attached hydrogens (tertiary/aromatic N) is 11. The molecule has 0 radical (unpaired) electrons. The Morgan fingerprint density at radius 3 is 1.12 bits per heavy atom. The topological polar surface area (TPSA) is 374 Å². The zero-order valence-electron chi connectivity index (χ0n) is 70.0. The van der Waals surface area contributed by atoms with Crippen LogP contribution >= 0.6 is 11.6 Å². The van der Waals surface area contributed by atoms with Crippen LogP contribution in [0.15, 0.2) is 279 Å². The molecule has 0 atom stereocenters. The van der Waals surface area contributed by atoms with Crippen molar-refractivity contribution in [2.24, 2.45) is 0 Å². The van der Waals surface area contributed by atoms with Crippen LogP contribution in [-0.2, 0) is 12.8 Å². The van der Waals surface area contributed by atoms with Gasteiger partial charge in [-0.1, -0.05) is 104 Å². The summed E-state index contributed by atoms with van der Waals surface area (Å²) >= 11 is 5.83. The number of hydrogen-bond donors (Lipinski definition) is 5. The highest BCUT2D eigenvalue weighted by Gasteiger charge is 2.26. The van der Waals surface area contributed by atoms with E-state index in [0.29, 0.717) is 113 Å². The molecule has 0 aliphatic rings. The predicted octanol–water partition coefficient (Wildman–Crippen LogP) is 20.2. The Hall–Kier alpha value is -16.5. The highest BCUT2D eigenvalue weighted by Crippen LogP contribution is 2.36. The standard InChI is InChI=1S/C27H26N4O3.2C24H20N4O4.C20H19ClN4O3/c1-17-5-7-20(8-6-17)27(33)29-24-16-22(11-14-25(24)31-19(3)15-18(2)30-31)28-26(32)21-9-12-23(34-4)13-10-21;1-16-14-21(17-6-4-3-5-7-17)26-27(16)22-13-10-19(15-23(22)28(30)31)25-24(29)18-8-11-20(32-2)12-9-18;1-16-14-22(17-6-4-3-5-7-17)27(26-16)21-13-10-19(15-23(21)28(30)31)25-24(29)18-8-11-20(32-2)12-9-18;1-3-15-11-17(4-2)24(23-15)18-10-9-16(12-19(18)25(27)28)22-20(26)13-5-7-14(21)8-6-13/h5-16H,1-4H3,(H,28,32)(H,29,33);2*3-15H,1-2H3,(H,25,29);5-12H,3-4H2,1-2H3,(H,22,26). The Kier molecular flexibility index (Phi) is 28.7. The van der Waals surface area contributed by atoms with E-state index in [2.05, 4.69) is 47.0 Å². The monoisotopic (exact) mass is 1710 g/mol. The highest BCUT2D eigenvalue weighted by atomic mass is 35.5. The van der Waals surface area contributed by atoms with Gasteiger partial charge in [0.1, 0.15) is 34.3 Å². The molecule has 0 fully saturated rings. The van der Waals surface area contributed by atoms with Crippen molar-refractivity contribution in [3.05, 3.63) is 382 Å². The zero-order chi connectivity index (χ0) is 89.8. The van der Waals surface area contributed by atoms with Crippen LogP contribution < -0.4 is 40.8 Å². The Balaban J connectivity index is 0.000000153. The van der Waals surface area contributed by atoms with Crippen LogP contribution in [0.3, 0.4) is 0 Å². The molecule has 0 saturated carbocycles. The number of rotatable bonds is 24. The van der Waals surface area contributed by atoms with Gasteiger partial charge in [0, 0.05) is 102 Å². The third-order valence-corrected chi connectivity index (χ3v) is 19.9. The lowest BCUT2D eigenvalue weighted by Gasteiger charge is -2.15. The number of hydrogen-bond acceptors (Lipinski definition) is 18. The summed E-state index contributed by atoms with van der Waals surface area (Å²) in [7, 11) is 4.66. The normalized spacial score (nSPS) is 10.6. The van der Waals surface area contributed by atoms with Crippen molar-refractivity contribution in [1.82, 2.24) is 39.1 Å². The first-order valence-corrected chi connectivity index (χ1v) is 39.7. The van der Waals surface area contributed by atoms with Crippen molar-refractivity contribution >= 4 is 86.6 Å². The molecule has 11 aromatic carbocycles. The first-order chi connectivity index (χ1) is 60.7. The van der Waals surface area contributed by atoms with E-state index in [1.807, 2.05) is 152 Å². The number of aromatic nitrogens is 8. The minimum absolute atomic E-state index is 0.130. The second kappa shape index (κ2) is 40.7. The van der Waals surface area contributed by atoms with Gasteiger partial charge in [-0.25, -0.2) is 18.7 Å². The number of carbonyl (C=O) groups is 5. The van der Waals surface area contributed by atoms with Crippen LogP contribution in [0, 0.1) is 65.0 Å². The average Bonchev–Trinajstić information content (AvgIpc) is 1.65. The number of ether oxygens (including phenoxy) is 3. The molecule has 636 valence electrons. The highest BCUT2D eigenvalue weighted by molar-refractivity contribution is 6.30. The summed E-state index contributed by atoms with van der Waals surface area (Å²) < 4.78 is 21.8. The lowest BCUT2D eigenvalue weighted by atomic mass is 10.1. The fraction of sp³-hybridized carbons (Fsp3) is 0.126. The first kappa shape index (κ1) is 88.8. The molecule has 30 nitrogen and oxygen atoms in total. The SMILES string of the molecule is CCc1cc(CC)n(-c2ccc(NC(=O)c3ccc(Cl)cc3)cc2[N+](=O)[O-])n1.COc1ccc(C(=O)Nc2ccc(-n3nc(-c4ccccc4)cc3C)c([N+](=O)[O-])c2)cc1.COc1ccc(C(=O)Nc2ccc(-n3nc(C)cc3-c3ccccc3)c([N+](=O)[O-])c2)cc1.COc1ccc(C(=O)Nc2ccc(-n3nc(C)cc3C)c(NC(=O)c3ccc(C)cc3)c2)cc1. The van der Waals surface area contributed by atoms with Crippen LogP contribution in [0.4, 0.5) is 45.5 Å². The van der Waals surface area contributed by atoms with E-state index < -0.39 is 14.8 Å². The minimum Gasteiger partial charge on any atom is -0.497 e. The van der Waals surface area contributed by atoms with Gasteiger partial charge in [0.2, 0.25) is 0 Å². The molecule has 0 aliphatic carbocycles. The van der Waals surface area contributed by atoms with Crippen LogP contribution in [0.25, 0.3) is 45.3 Å². The second-order valence-electron chi connectivity index (χ2n) is 28.4. The van der Waals surface area contributed by atoms with Gasteiger partial charge in [-0.05, 0) is 236 Å². The van der Waals surface area contributed by atoms with Gasteiger partial charge in [0.15, 0.2) is 0 Å². The number of nitro benzene ring substituents is 3. The Bertz CT molecular complexity index is 6500. The molecule has 31 heteroatoms. The molecule has 0 unspecified atom stereocenters. The fourth-order valence-electron chi connectivity index (χ4n) is 13.2. The summed E-state index contributed by atoms with van der Waals surface area (Å²) in [5.74, 6) is 0.285. The Labute approximate surface area is 728 Å².